The molecule has 0 aromatic carbocycles. The summed E-state index contributed by atoms with van der Waals surface area (Å²) >= 11 is 5.95. The highest BCUT2D eigenvalue weighted by molar-refractivity contribution is 6.32. The lowest BCUT2D eigenvalue weighted by Crippen LogP contribution is -2.36. The third-order valence-electron chi connectivity index (χ3n) is 3.01. The number of likely N-dealkylation sites (tertiary alicyclic amines) is 1. The number of rotatable bonds is 2. The standard InChI is InChI=1S/C11H16ClN3O/c1-2-8-9(10(12)14-13-8)11(16)15-6-4-3-5-7-15/h2-7H2,1H3,(H,13,14). The molecule has 1 fully saturated rings. The van der Waals surface area contributed by atoms with Crippen molar-refractivity contribution < 1.29 is 4.79 Å². The zero-order valence-electron chi connectivity index (χ0n) is 9.42. The lowest BCUT2D eigenvalue weighted by Gasteiger charge is -2.26. The van der Waals surface area contributed by atoms with Crippen LogP contribution in [-0.4, -0.2) is 34.1 Å². The Kier molecular flexibility index (Phi) is 3.49. The Labute approximate surface area is 100.0 Å². The fourth-order valence-electron chi connectivity index (χ4n) is 2.08. The van der Waals surface area contributed by atoms with Crippen LogP contribution in [0.2, 0.25) is 5.15 Å². The first kappa shape index (κ1) is 11.5. The number of halogens is 1. The summed E-state index contributed by atoms with van der Waals surface area (Å²) in [7, 11) is 0. The number of aryl methyl sites for hydroxylation is 1. The molecule has 2 rings (SSSR count). The lowest BCUT2D eigenvalue weighted by atomic mass is 10.1. The second-order valence-corrected chi connectivity index (χ2v) is 4.43. The number of nitrogens with zero attached hydrogens (tertiary/aromatic N) is 2. The molecule has 0 radical (unpaired) electrons. The molecule has 1 N–H and O–H groups in total. The minimum Gasteiger partial charge on any atom is -0.338 e. The second kappa shape index (κ2) is 4.87. The maximum atomic E-state index is 12.2. The molecule has 0 unspecified atom stereocenters. The SMILES string of the molecule is CCc1[nH]nc(Cl)c1C(=O)N1CCCCC1. The number of aromatic amines is 1. The molecule has 88 valence electrons. The van der Waals surface area contributed by atoms with Gasteiger partial charge in [0.2, 0.25) is 0 Å². The lowest BCUT2D eigenvalue weighted by molar-refractivity contribution is 0.0723. The molecule has 1 aliphatic rings. The molecule has 0 bridgehead atoms. The summed E-state index contributed by atoms with van der Waals surface area (Å²) in [5.74, 6) is 0.0234. The number of H-pyrrole nitrogens is 1. The number of aromatic nitrogens is 2. The van der Waals surface area contributed by atoms with Gasteiger partial charge < -0.3 is 4.90 Å². The number of hydrogen-bond acceptors (Lipinski definition) is 2. The third-order valence-corrected chi connectivity index (χ3v) is 3.28. The summed E-state index contributed by atoms with van der Waals surface area (Å²) in [5, 5.41) is 7.01. The molecule has 1 aromatic rings. The molecule has 0 saturated carbocycles. The zero-order valence-corrected chi connectivity index (χ0v) is 10.2. The van der Waals surface area contributed by atoms with Crippen LogP contribution in [0.4, 0.5) is 0 Å². The van der Waals surface area contributed by atoms with Gasteiger partial charge in [-0.2, -0.15) is 5.10 Å². The second-order valence-electron chi connectivity index (χ2n) is 4.07. The Bertz CT molecular complexity index is 383. The number of piperidine rings is 1. The zero-order chi connectivity index (χ0) is 11.5. The van der Waals surface area contributed by atoms with Gasteiger partial charge in [0.1, 0.15) is 0 Å². The fraction of sp³-hybridized carbons (Fsp3) is 0.636. The molecule has 0 aliphatic carbocycles. The minimum atomic E-state index is 0.0234. The van der Waals surface area contributed by atoms with Gasteiger partial charge >= 0.3 is 0 Å². The molecule has 1 amide bonds. The van der Waals surface area contributed by atoms with Gasteiger partial charge in [0.15, 0.2) is 5.15 Å². The van der Waals surface area contributed by atoms with E-state index in [1.54, 1.807) is 0 Å². The molecule has 16 heavy (non-hydrogen) atoms. The van der Waals surface area contributed by atoms with Crippen LogP contribution in [0.3, 0.4) is 0 Å². The minimum absolute atomic E-state index is 0.0234. The first-order valence-corrected chi connectivity index (χ1v) is 6.14. The Morgan fingerprint density at radius 1 is 1.44 bits per heavy atom. The molecule has 5 heteroatoms. The quantitative estimate of drug-likeness (QED) is 0.864. The first-order valence-electron chi connectivity index (χ1n) is 5.76. The van der Waals surface area contributed by atoms with Gasteiger partial charge in [0.25, 0.3) is 5.91 Å². The van der Waals surface area contributed by atoms with E-state index in [0.29, 0.717) is 10.7 Å². The van der Waals surface area contributed by atoms with Crippen LogP contribution in [0.25, 0.3) is 0 Å². The number of amides is 1. The molecule has 1 aromatic heterocycles. The van der Waals surface area contributed by atoms with Crippen molar-refractivity contribution in [3.63, 3.8) is 0 Å². The number of nitrogens with one attached hydrogen (secondary N) is 1. The smallest absolute Gasteiger partial charge is 0.258 e. The highest BCUT2D eigenvalue weighted by Gasteiger charge is 2.24. The molecule has 2 heterocycles. The predicted octanol–water partition coefficient (Wildman–Crippen LogP) is 2.25. The number of carbonyl (C=O) groups excluding carboxylic acids is 1. The summed E-state index contributed by atoms with van der Waals surface area (Å²) < 4.78 is 0. The fourth-order valence-corrected chi connectivity index (χ4v) is 2.32. The third kappa shape index (κ3) is 2.07. The summed E-state index contributed by atoms with van der Waals surface area (Å²) in [6.07, 6.45) is 4.13. The normalized spacial score (nSPS) is 16.5. The van der Waals surface area contributed by atoms with Crippen LogP contribution >= 0.6 is 11.6 Å². The van der Waals surface area contributed by atoms with Crippen LogP contribution < -0.4 is 0 Å². The van der Waals surface area contributed by atoms with E-state index in [1.807, 2.05) is 11.8 Å². The number of hydrogen-bond donors (Lipinski definition) is 1. The van der Waals surface area contributed by atoms with Gasteiger partial charge in [-0.05, 0) is 25.7 Å². The Hall–Kier alpha value is -1.03. The van der Waals surface area contributed by atoms with Gasteiger partial charge in [-0.1, -0.05) is 18.5 Å². The van der Waals surface area contributed by atoms with Crippen molar-refractivity contribution >= 4 is 17.5 Å². The van der Waals surface area contributed by atoms with E-state index in [4.69, 9.17) is 11.6 Å². The van der Waals surface area contributed by atoms with E-state index in [0.717, 1.165) is 38.0 Å². The topological polar surface area (TPSA) is 49.0 Å². The van der Waals surface area contributed by atoms with E-state index in [1.165, 1.54) is 6.42 Å². The highest BCUT2D eigenvalue weighted by Crippen LogP contribution is 2.21. The Morgan fingerprint density at radius 2 is 2.12 bits per heavy atom. The summed E-state index contributed by atoms with van der Waals surface area (Å²) in [6, 6.07) is 0. The van der Waals surface area contributed by atoms with Crippen molar-refractivity contribution in [2.45, 2.75) is 32.6 Å². The summed E-state index contributed by atoms with van der Waals surface area (Å²) in [6.45, 7) is 3.66. The van der Waals surface area contributed by atoms with Gasteiger partial charge in [-0.15, -0.1) is 0 Å². The highest BCUT2D eigenvalue weighted by atomic mass is 35.5. The van der Waals surface area contributed by atoms with Gasteiger partial charge in [0.05, 0.1) is 5.56 Å². The van der Waals surface area contributed by atoms with E-state index in [9.17, 15) is 4.79 Å². The van der Waals surface area contributed by atoms with Crippen LogP contribution in [0, 0.1) is 0 Å². The molecule has 1 saturated heterocycles. The molecule has 4 nitrogen and oxygen atoms in total. The molecule has 0 spiro atoms. The monoisotopic (exact) mass is 241 g/mol. The van der Waals surface area contributed by atoms with Crippen molar-refractivity contribution in [1.29, 1.82) is 0 Å². The first-order chi connectivity index (χ1) is 7.74. The Morgan fingerprint density at radius 3 is 2.75 bits per heavy atom. The van der Waals surface area contributed by atoms with Crippen LogP contribution in [0.5, 0.6) is 0 Å². The predicted molar refractivity (Wildman–Crippen MR) is 62.7 cm³/mol. The summed E-state index contributed by atoms with van der Waals surface area (Å²) in [5.41, 5.74) is 1.40. The van der Waals surface area contributed by atoms with E-state index in [2.05, 4.69) is 10.2 Å². The molecule has 1 aliphatic heterocycles. The largest absolute Gasteiger partial charge is 0.338 e. The van der Waals surface area contributed by atoms with Gasteiger partial charge in [0, 0.05) is 18.8 Å². The molecular weight excluding hydrogens is 226 g/mol. The van der Waals surface area contributed by atoms with Crippen molar-refractivity contribution in [2.24, 2.45) is 0 Å². The van der Waals surface area contributed by atoms with Crippen molar-refractivity contribution in [2.75, 3.05) is 13.1 Å². The van der Waals surface area contributed by atoms with E-state index < -0.39 is 0 Å². The van der Waals surface area contributed by atoms with E-state index in [-0.39, 0.29) is 5.91 Å². The van der Waals surface area contributed by atoms with Gasteiger partial charge in [-0.3, -0.25) is 9.89 Å². The molecule has 0 atom stereocenters. The maximum Gasteiger partial charge on any atom is 0.258 e. The van der Waals surface area contributed by atoms with Crippen LogP contribution in [0.1, 0.15) is 42.2 Å². The van der Waals surface area contributed by atoms with Crippen LogP contribution in [0.15, 0.2) is 0 Å². The van der Waals surface area contributed by atoms with Crippen molar-refractivity contribution in [3.05, 3.63) is 16.4 Å². The van der Waals surface area contributed by atoms with Crippen molar-refractivity contribution in [1.82, 2.24) is 15.1 Å². The molecular formula is C11H16ClN3O. The van der Waals surface area contributed by atoms with Crippen LogP contribution in [-0.2, 0) is 6.42 Å². The maximum absolute atomic E-state index is 12.2. The average molecular weight is 242 g/mol. The van der Waals surface area contributed by atoms with Gasteiger partial charge in [-0.25, -0.2) is 0 Å². The van der Waals surface area contributed by atoms with E-state index >= 15 is 0 Å². The number of carbonyl (C=O) groups is 1. The summed E-state index contributed by atoms with van der Waals surface area (Å²) in [4.78, 5) is 14.1. The van der Waals surface area contributed by atoms with Crippen molar-refractivity contribution in [3.8, 4) is 0 Å². The Balaban J connectivity index is 2.21. The average Bonchev–Trinajstić information content (AvgIpc) is 2.70.